The van der Waals surface area contributed by atoms with E-state index < -0.39 is 17.9 Å². The number of hydrogen-bond donors (Lipinski definition) is 1. The largest absolute Gasteiger partial charge is 0.466 e. The van der Waals surface area contributed by atoms with E-state index in [0.29, 0.717) is 34.1 Å². The molecule has 1 fully saturated rings. The van der Waals surface area contributed by atoms with E-state index in [2.05, 4.69) is 15.1 Å². The van der Waals surface area contributed by atoms with Crippen molar-refractivity contribution in [3.05, 3.63) is 86.7 Å². The highest BCUT2D eigenvalue weighted by molar-refractivity contribution is 6.31. The summed E-state index contributed by atoms with van der Waals surface area (Å²) < 4.78 is 10.8. The van der Waals surface area contributed by atoms with Crippen LogP contribution < -0.4 is 10.2 Å². The van der Waals surface area contributed by atoms with Crippen LogP contribution in [0.2, 0.25) is 10.0 Å². The highest BCUT2D eigenvalue weighted by Crippen LogP contribution is 2.39. The number of nitrogens with one attached hydrogen (secondary N) is 1. The molecule has 4 rings (SSSR count). The summed E-state index contributed by atoms with van der Waals surface area (Å²) in [4.78, 5) is 30.7. The monoisotopic (exact) mass is 543 g/mol. The van der Waals surface area contributed by atoms with Gasteiger partial charge in [0.2, 0.25) is 0 Å². The average molecular weight is 544 g/mol. The number of methoxy groups -OCH3 is 1. The Hall–Kier alpha value is -3.00. The molecule has 37 heavy (non-hydrogen) atoms. The van der Waals surface area contributed by atoms with Gasteiger partial charge in [-0.2, -0.15) is 0 Å². The molecule has 1 atom stereocenters. The zero-order valence-corrected chi connectivity index (χ0v) is 22.7. The van der Waals surface area contributed by atoms with Gasteiger partial charge in [-0.15, -0.1) is 0 Å². The molecule has 2 aromatic carbocycles. The number of hydrogen-bond acceptors (Lipinski definition) is 7. The smallest absolute Gasteiger partial charge is 0.336 e. The van der Waals surface area contributed by atoms with Gasteiger partial charge >= 0.3 is 11.9 Å². The van der Waals surface area contributed by atoms with Gasteiger partial charge in [0.05, 0.1) is 24.2 Å². The summed E-state index contributed by atoms with van der Waals surface area (Å²) >= 11 is 12.3. The molecule has 2 heterocycles. The quantitative estimate of drug-likeness (QED) is 0.504. The Kier molecular flexibility index (Phi) is 8.79. The van der Waals surface area contributed by atoms with Gasteiger partial charge in [0.1, 0.15) is 6.61 Å². The summed E-state index contributed by atoms with van der Waals surface area (Å²) in [6.45, 7) is 7.96. The minimum atomic E-state index is -0.650. The molecule has 0 amide bonds. The molecule has 7 nitrogen and oxygen atoms in total. The lowest BCUT2D eigenvalue weighted by Crippen LogP contribution is -2.47. The third kappa shape index (κ3) is 6.29. The topological polar surface area (TPSA) is 71.1 Å². The van der Waals surface area contributed by atoms with Gasteiger partial charge in [0, 0.05) is 59.9 Å². The second-order valence-electron chi connectivity index (χ2n) is 9.12. The molecule has 2 aromatic rings. The molecule has 1 saturated heterocycles. The fraction of sp³-hybridized carbons (Fsp3) is 0.357. The minimum Gasteiger partial charge on any atom is -0.466 e. The van der Waals surface area contributed by atoms with Crippen molar-refractivity contribution in [3.63, 3.8) is 0 Å². The Morgan fingerprint density at radius 1 is 0.919 bits per heavy atom. The summed E-state index contributed by atoms with van der Waals surface area (Å²) in [7, 11) is 1.33. The number of benzene rings is 2. The number of nitrogens with zero attached hydrogens (tertiary/aromatic N) is 2. The van der Waals surface area contributed by atoms with E-state index in [9.17, 15) is 9.59 Å². The van der Waals surface area contributed by atoms with Gasteiger partial charge in [-0.3, -0.25) is 4.90 Å². The first-order valence-corrected chi connectivity index (χ1v) is 13.0. The van der Waals surface area contributed by atoms with Crippen LogP contribution in [0.1, 0.15) is 25.3 Å². The number of halogens is 2. The molecule has 2 aliphatic heterocycles. The average Bonchev–Trinajstić information content (AvgIpc) is 2.88. The standard InChI is InChI=1S/C28H31Cl2N3O4/c1-18-24(27(34)36-3)26(20-5-4-6-22(30)17-20)25(19(2)31-18)28(35)37-16-15-32-11-13-33(14-12-32)23-9-7-21(29)8-10-23/h4-10,17,26,31H,11-16H2,1-3H3. The van der Waals surface area contributed by atoms with Crippen LogP contribution in [0.4, 0.5) is 5.69 Å². The predicted octanol–water partition coefficient (Wildman–Crippen LogP) is 4.77. The zero-order valence-electron chi connectivity index (χ0n) is 21.2. The van der Waals surface area contributed by atoms with Gasteiger partial charge in [-0.25, -0.2) is 9.59 Å². The number of carbonyl (C=O) groups is 2. The Labute approximate surface area is 227 Å². The Balaban J connectivity index is 1.41. The lowest BCUT2D eigenvalue weighted by Gasteiger charge is -2.36. The molecular formula is C28H31Cl2N3O4. The molecule has 0 aliphatic carbocycles. The van der Waals surface area contributed by atoms with E-state index in [1.807, 2.05) is 37.3 Å². The van der Waals surface area contributed by atoms with E-state index in [1.165, 1.54) is 7.11 Å². The van der Waals surface area contributed by atoms with Gasteiger partial charge < -0.3 is 19.7 Å². The van der Waals surface area contributed by atoms with Gasteiger partial charge in [-0.1, -0.05) is 35.3 Å². The van der Waals surface area contributed by atoms with E-state index in [0.717, 1.165) is 42.5 Å². The summed E-state index contributed by atoms with van der Waals surface area (Å²) in [5.41, 5.74) is 3.88. The molecule has 0 aromatic heterocycles. The van der Waals surface area contributed by atoms with Crippen molar-refractivity contribution in [1.82, 2.24) is 10.2 Å². The highest BCUT2D eigenvalue weighted by atomic mass is 35.5. The molecule has 9 heteroatoms. The number of dihydropyridines is 1. The lowest BCUT2D eigenvalue weighted by atomic mass is 9.80. The second kappa shape index (κ2) is 12.0. The molecule has 0 radical (unpaired) electrons. The second-order valence-corrected chi connectivity index (χ2v) is 10.00. The van der Waals surface area contributed by atoms with Crippen molar-refractivity contribution < 1.29 is 19.1 Å². The van der Waals surface area contributed by atoms with Crippen molar-refractivity contribution in [2.75, 3.05) is 51.3 Å². The van der Waals surface area contributed by atoms with E-state index in [4.69, 9.17) is 32.7 Å². The third-order valence-corrected chi connectivity index (χ3v) is 7.26. The number of ether oxygens (including phenoxy) is 2. The SMILES string of the molecule is COC(=O)C1=C(C)NC(C)=C(C(=O)OCCN2CCN(c3ccc(Cl)cc3)CC2)C1c1cccc(Cl)c1. The summed E-state index contributed by atoms with van der Waals surface area (Å²) in [6, 6.07) is 15.0. The summed E-state index contributed by atoms with van der Waals surface area (Å²) in [5.74, 6) is -1.63. The van der Waals surface area contributed by atoms with Crippen LogP contribution in [-0.4, -0.2) is 63.3 Å². The van der Waals surface area contributed by atoms with Crippen LogP contribution in [0.25, 0.3) is 0 Å². The third-order valence-electron chi connectivity index (χ3n) is 6.77. The zero-order chi connectivity index (χ0) is 26.5. The summed E-state index contributed by atoms with van der Waals surface area (Å²) in [5, 5.41) is 4.40. The van der Waals surface area contributed by atoms with E-state index in [1.54, 1.807) is 25.1 Å². The molecule has 0 spiro atoms. The first-order chi connectivity index (χ1) is 17.8. The van der Waals surface area contributed by atoms with Gasteiger partial charge in [-0.05, 0) is 55.8 Å². The van der Waals surface area contributed by atoms with Crippen LogP contribution in [-0.2, 0) is 19.1 Å². The molecule has 0 saturated carbocycles. The number of allylic oxidation sites excluding steroid dienone is 2. The maximum atomic E-state index is 13.4. The van der Waals surface area contributed by atoms with Crippen molar-refractivity contribution in [3.8, 4) is 0 Å². The fourth-order valence-electron chi connectivity index (χ4n) is 4.89. The molecule has 196 valence electrons. The van der Waals surface area contributed by atoms with E-state index in [-0.39, 0.29) is 6.61 Å². The highest BCUT2D eigenvalue weighted by Gasteiger charge is 2.38. The Morgan fingerprint density at radius 2 is 1.57 bits per heavy atom. The maximum Gasteiger partial charge on any atom is 0.336 e. The van der Waals surface area contributed by atoms with Gasteiger partial charge in [0.15, 0.2) is 0 Å². The van der Waals surface area contributed by atoms with Crippen LogP contribution >= 0.6 is 23.2 Å². The predicted molar refractivity (Wildman–Crippen MR) is 146 cm³/mol. The number of anilines is 1. The fourth-order valence-corrected chi connectivity index (χ4v) is 5.22. The number of esters is 2. The molecule has 2 aliphatic rings. The van der Waals surface area contributed by atoms with Crippen molar-refractivity contribution in [2.24, 2.45) is 0 Å². The van der Waals surface area contributed by atoms with Crippen molar-refractivity contribution in [1.29, 1.82) is 0 Å². The molecular weight excluding hydrogens is 513 g/mol. The first-order valence-electron chi connectivity index (χ1n) is 12.2. The normalized spacial score (nSPS) is 18.5. The van der Waals surface area contributed by atoms with Crippen LogP contribution in [0.15, 0.2) is 71.1 Å². The van der Waals surface area contributed by atoms with Crippen LogP contribution in [0.5, 0.6) is 0 Å². The van der Waals surface area contributed by atoms with Crippen molar-refractivity contribution in [2.45, 2.75) is 19.8 Å². The molecule has 1 N–H and O–H groups in total. The Morgan fingerprint density at radius 3 is 2.19 bits per heavy atom. The number of piperazine rings is 1. The minimum absolute atomic E-state index is 0.245. The maximum absolute atomic E-state index is 13.4. The van der Waals surface area contributed by atoms with E-state index >= 15 is 0 Å². The lowest BCUT2D eigenvalue weighted by molar-refractivity contribution is -0.140. The first kappa shape index (κ1) is 27.0. The van der Waals surface area contributed by atoms with Crippen molar-refractivity contribution >= 4 is 40.8 Å². The van der Waals surface area contributed by atoms with Crippen LogP contribution in [0.3, 0.4) is 0 Å². The van der Waals surface area contributed by atoms with Crippen LogP contribution in [0, 0.1) is 0 Å². The summed E-state index contributed by atoms with van der Waals surface area (Å²) in [6.07, 6.45) is 0. The number of rotatable bonds is 7. The number of carbonyl (C=O) groups excluding carboxylic acids is 2. The Bertz CT molecular complexity index is 1220. The molecule has 0 bridgehead atoms. The van der Waals surface area contributed by atoms with Gasteiger partial charge in [0.25, 0.3) is 0 Å². The molecule has 1 unspecified atom stereocenters.